The molecule has 0 fully saturated rings. The average molecular weight is 380 g/mol. The maximum Gasteiger partial charge on any atom is 0.0680 e. The van der Waals surface area contributed by atoms with Gasteiger partial charge < -0.3 is 4.90 Å². The summed E-state index contributed by atoms with van der Waals surface area (Å²) in [5.41, 5.74) is 5.62. The van der Waals surface area contributed by atoms with Gasteiger partial charge in [-0.3, -0.25) is 0 Å². The number of benzene rings is 1. The second-order valence-corrected chi connectivity index (χ2v) is 8.50. The van der Waals surface area contributed by atoms with Gasteiger partial charge in [0.1, 0.15) is 0 Å². The van der Waals surface area contributed by atoms with Gasteiger partial charge in [-0.25, -0.2) is 0 Å². The van der Waals surface area contributed by atoms with Crippen LogP contribution in [0.15, 0.2) is 44.4 Å². The van der Waals surface area contributed by atoms with Crippen molar-refractivity contribution in [3.63, 3.8) is 0 Å². The van der Waals surface area contributed by atoms with Crippen LogP contribution in [-0.2, 0) is 5.75 Å². The van der Waals surface area contributed by atoms with Crippen LogP contribution < -0.4 is 0 Å². The molecule has 2 aromatic rings. The van der Waals surface area contributed by atoms with E-state index in [0.29, 0.717) is 0 Å². The molecule has 0 radical (unpaired) electrons. The summed E-state index contributed by atoms with van der Waals surface area (Å²) in [7, 11) is 4.25. The molecule has 1 aliphatic rings. The van der Waals surface area contributed by atoms with E-state index in [4.69, 9.17) is 0 Å². The third-order valence-corrected chi connectivity index (χ3v) is 6.34. The second kappa shape index (κ2) is 6.69. The highest BCUT2D eigenvalue weighted by Gasteiger charge is 2.19. The van der Waals surface area contributed by atoms with E-state index in [1.165, 1.54) is 26.5 Å². The zero-order valence-electron chi connectivity index (χ0n) is 12.2. The van der Waals surface area contributed by atoms with E-state index in [1.807, 2.05) is 23.1 Å². The van der Waals surface area contributed by atoms with Crippen molar-refractivity contribution < 1.29 is 0 Å². The van der Waals surface area contributed by atoms with Gasteiger partial charge in [-0.15, -0.1) is 23.1 Å². The summed E-state index contributed by atoms with van der Waals surface area (Å²) in [6, 6.07) is 8.94. The Morgan fingerprint density at radius 1 is 1.24 bits per heavy atom. The Hall–Kier alpha value is -0.550. The van der Waals surface area contributed by atoms with Crippen molar-refractivity contribution in [2.75, 3.05) is 20.6 Å². The van der Waals surface area contributed by atoms with Gasteiger partial charge in [0.2, 0.25) is 0 Å². The van der Waals surface area contributed by atoms with Gasteiger partial charge in [-0.1, -0.05) is 28.1 Å². The molecule has 0 saturated carbocycles. The number of thiophene rings is 1. The third kappa shape index (κ3) is 3.45. The molecule has 3 rings (SSSR count). The van der Waals surface area contributed by atoms with Crippen LogP contribution in [0.2, 0.25) is 0 Å². The summed E-state index contributed by atoms with van der Waals surface area (Å²) >= 11 is 7.44. The summed E-state index contributed by atoms with van der Waals surface area (Å²) in [5.74, 6) is 1.06. The van der Waals surface area contributed by atoms with Crippen molar-refractivity contribution in [3.05, 3.63) is 56.9 Å². The normalized spacial score (nSPS) is 15.9. The Balaban J connectivity index is 2.06. The first kappa shape index (κ1) is 15.3. The Morgan fingerprint density at radius 3 is 2.90 bits per heavy atom. The number of nitrogens with zero attached hydrogens (tertiary/aromatic N) is 1. The standard InChI is InChI=1S/C17H18BrNS2/c1-19(2)8-3-4-14-15-7-9-20-17(15)21-11-12-5-6-13(18)10-16(12)14/h4-7,9-10H,3,8,11H2,1-2H3/b14-4-. The van der Waals surface area contributed by atoms with Gasteiger partial charge in [-0.2, -0.15) is 0 Å². The Kier molecular flexibility index (Phi) is 4.89. The zero-order valence-corrected chi connectivity index (χ0v) is 15.4. The fraction of sp³-hybridized carbons (Fsp3) is 0.294. The monoisotopic (exact) mass is 379 g/mol. The molecule has 21 heavy (non-hydrogen) atoms. The molecule has 1 aromatic heterocycles. The molecule has 1 aromatic carbocycles. The number of fused-ring (bicyclic) bond motifs is 2. The highest BCUT2D eigenvalue weighted by atomic mass is 79.9. The van der Waals surface area contributed by atoms with Crippen LogP contribution in [0.5, 0.6) is 0 Å². The van der Waals surface area contributed by atoms with Crippen LogP contribution in [0.3, 0.4) is 0 Å². The molecule has 1 aliphatic heterocycles. The minimum absolute atomic E-state index is 1.06. The van der Waals surface area contributed by atoms with Crippen molar-refractivity contribution in [3.8, 4) is 0 Å². The van der Waals surface area contributed by atoms with E-state index in [9.17, 15) is 0 Å². The lowest BCUT2D eigenvalue weighted by atomic mass is 9.95. The summed E-state index contributed by atoms with van der Waals surface area (Å²) in [4.78, 5) is 2.23. The molecule has 110 valence electrons. The van der Waals surface area contributed by atoms with E-state index >= 15 is 0 Å². The van der Waals surface area contributed by atoms with Crippen LogP contribution in [0.4, 0.5) is 0 Å². The quantitative estimate of drug-likeness (QED) is 0.692. The number of halogens is 1. The molecular formula is C17H18BrNS2. The minimum Gasteiger partial charge on any atom is -0.309 e. The zero-order chi connectivity index (χ0) is 14.8. The first-order valence-corrected chi connectivity index (χ1v) is 9.65. The summed E-state index contributed by atoms with van der Waals surface area (Å²) < 4.78 is 2.60. The predicted octanol–water partition coefficient (Wildman–Crippen LogP) is 5.50. The van der Waals surface area contributed by atoms with E-state index in [1.54, 1.807) is 0 Å². The molecule has 1 nitrogen and oxygen atoms in total. The SMILES string of the molecule is CN(C)CC/C=C1\c2cc(Br)ccc2CSc2sccc21. The molecule has 0 saturated heterocycles. The van der Waals surface area contributed by atoms with Gasteiger partial charge in [0, 0.05) is 22.3 Å². The van der Waals surface area contributed by atoms with Crippen LogP contribution in [-0.4, -0.2) is 25.5 Å². The molecule has 0 aliphatic carbocycles. The molecule has 0 spiro atoms. The fourth-order valence-corrected chi connectivity index (χ4v) is 4.99. The summed E-state index contributed by atoms with van der Waals surface area (Å²) in [6.45, 7) is 1.08. The second-order valence-electron chi connectivity index (χ2n) is 5.42. The van der Waals surface area contributed by atoms with Crippen LogP contribution in [0.25, 0.3) is 5.57 Å². The maximum atomic E-state index is 3.63. The van der Waals surface area contributed by atoms with Crippen LogP contribution >= 0.6 is 39.0 Å². The first-order chi connectivity index (χ1) is 10.1. The van der Waals surface area contributed by atoms with Crippen LogP contribution in [0, 0.1) is 0 Å². The van der Waals surface area contributed by atoms with E-state index in [0.717, 1.165) is 23.2 Å². The molecule has 0 amide bonds. The smallest absolute Gasteiger partial charge is 0.0680 e. The largest absolute Gasteiger partial charge is 0.309 e. The molecule has 0 N–H and O–H groups in total. The van der Waals surface area contributed by atoms with Crippen molar-refractivity contribution in [1.82, 2.24) is 4.90 Å². The lowest BCUT2D eigenvalue weighted by Crippen LogP contribution is -2.12. The van der Waals surface area contributed by atoms with Crippen molar-refractivity contribution in [2.24, 2.45) is 0 Å². The van der Waals surface area contributed by atoms with Crippen molar-refractivity contribution >= 4 is 44.6 Å². The highest BCUT2D eigenvalue weighted by Crippen LogP contribution is 2.43. The van der Waals surface area contributed by atoms with Gasteiger partial charge in [0.25, 0.3) is 0 Å². The van der Waals surface area contributed by atoms with Gasteiger partial charge in [0.05, 0.1) is 4.21 Å². The van der Waals surface area contributed by atoms with E-state index in [-0.39, 0.29) is 0 Å². The maximum absolute atomic E-state index is 3.63. The number of thioether (sulfide) groups is 1. The van der Waals surface area contributed by atoms with Crippen molar-refractivity contribution in [1.29, 1.82) is 0 Å². The lowest BCUT2D eigenvalue weighted by molar-refractivity contribution is 0.417. The first-order valence-electron chi connectivity index (χ1n) is 6.99. The Labute approximate surface area is 143 Å². The number of hydrogen-bond donors (Lipinski definition) is 0. The van der Waals surface area contributed by atoms with Gasteiger partial charge in [-0.05, 0) is 60.8 Å². The Bertz CT molecular complexity index is 673. The van der Waals surface area contributed by atoms with E-state index < -0.39 is 0 Å². The summed E-state index contributed by atoms with van der Waals surface area (Å²) in [6.07, 6.45) is 3.48. The van der Waals surface area contributed by atoms with Crippen LogP contribution in [0.1, 0.15) is 23.1 Å². The number of rotatable bonds is 3. The molecule has 2 heterocycles. The lowest BCUT2D eigenvalue weighted by Gasteiger charge is -2.12. The van der Waals surface area contributed by atoms with Gasteiger partial charge in [0.15, 0.2) is 0 Å². The fourth-order valence-electron chi connectivity index (χ4n) is 2.51. The molecule has 0 unspecified atom stereocenters. The van der Waals surface area contributed by atoms with Gasteiger partial charge >= 0.3 is 0 Å². The van der Waals surface area contributed by atoms with E-state index in [2.05, 4.69) is 70.6 Å². The Morgan fingerprint density at radius 2 is 2.10 bits per heavy atom. The third-order valence-electron chi connectivity index (χ3n) is 3.57. The predicted molar refractivity (Wildman–Crippen MR) is 98.3 cm³/mol. The molecule has 0 atom stereocenters. The van der Waals surface area contributed by atoms with Crippen molar-refractivity contribution in [2.45, 2.75) is 16.4 Å². The minimum atomic E-state index is 1.06. The average Bonchev–Trinajstić information content (AvgIpc) is 2.85. The summed E-state index contributed by atoms with van der Waals surface area (Å²) in [5, 5.41) is 2.21. The molecular weight excluding hydrogens is 362 g/mol. The molecule has 4 heteroatoms. The number of hydrogen-bond acceptors (Lipinski definition) is 3. The highest BCUT2D eigenvalue weighted by molar-refractivity contribution is 9.10. The molecule has 0 bridgehead atoms. The topological polar surface area (TPSA) is 3.24 Å².